The van der Waals surface area contributed by atoms with Gasteiger partial charge in [-0.3, -0.25) is 0 Å². The van der Waals surface area contributed by atoms with E-state index in [1.807, 2.05) is 18.3 Å². The van der Waals surface area contributed by atoms with Gasteiger partial charge in [-0.05, 0) is 17.7 Å². The predicted octanol–water partition coefficient (Wildman–Crippen LogP) is 3.25. The van der Waals surface area contributed by atoms with Crippen LogP contribution in [0.2, 0.25) is 0 Å². The summed E-state index contributed by atoms with van der Waals surface area (Å²) < 4.78 is 10.6. The minimum atomic E-state index is 0.487. The number of ether oxygens (including phenoxy) is 2. The van der Waals surface area contributed by atoms with Gasteiger partial charge in [0.05, 0.1) is 19.2 Å². The van der Waals surface area contributed by atoms with E-state index in [2.05, 4.69) is 30.2 Å². The normalized spacial score (nSPS) is 10.9. The van der Waals surface area contributed by atoms with Crippen LogP contribution in [0.25, 0.3) is 0 Å². The van der Waals surface area contributed by atoms with Crippen molar-refractivity contribution in [2.45, 2.75) is 32.9 Å². The van der Waals surface area contributed by atoms with E-state index in [1.54, 1.807) is 25.6 Å². The van der Waals surface area contributed by atoms with Crippen molar-refractivity contribution < 1.29 is 9.47 Å². The Kier molecular flexibility index (Phi) is 5.59. The maximum atomic E-state index is 5.33. The number of methoxy groups -OCH3 is 2. The first-order valence-corrected chi connectivity index (χ1v) is 7.82. The smallest absolute Gasteiger partial charge is 0.160 e. The van der Waals surface area contributed by atoms with Gasteiger partial charge < -0.3 is 14.8 Å². The Balaban J connectivity index is 2.04. The van der Waals surface area contributed by atoms with Crippen LogP contribution in [-0.2, 0) is 13.0 Å². The molecule has 21 heavy (non-hydrogen) atoms. The van der Waals surface area contributed by atoms with E-state index in [-0.39, 0.29) is 0 Å². The molecule has 0 aliphatic rings. The third-order valence-electron chi connectivity index (χ3n) is 3.09. The molecule has 0 aliphatic heterocycles. The number of hydrogen-bond donors (Lipinski definition) is 1. The maximum Gasteiger partial charge on any atom is 0.160 e. The van der Waals surface area contributed by atoms with E-state index in [0.717, 1.165) is 29.5 Å². The minimum Gasteiger partial charge on any atom is -0.493 e. The van der Waals surface area contributed by atoms with Gasteiger partial charge in [-0.15, -0.1) is 11.3 Å². The molecule has 0 spiro atoms. The Morgan fingerprint density at radius 1 is 1.19 bits per heavy atom. The number of rotatable bonds is 7. The van der Waals surface area contributed by atoms with Crippen LogP contribution in [0.1, 0.15) is 29.3 Å². The molecule has 0 saturated carbocycles. The minimum absolute atomic E-state index is 0.487. The van der Waals surface area contributed by atoms with Crippen LogP contribution in [0.5, 0.6) is 11.5 Å². The summed E-state index contributed by atoms with van der Waals surface area (Å²) in [5.41, 5.74) is 1.17. The van der Waals surface area contributed by atoms with E-state index >= 15 is 0 Å². The monoisotopic (exact) mass is 306 g/mol. The fourth-order valence-corrected chi connectivity index (χ4v) is 2.89. The third kappa shape index (κ3) is 4.44. The molecule has 1 aromatic heterocycles. The molecule has 0 saturated heterocycles. The summed E-state index contributed by atoms with van der Waals surface area (Å²) in [5, 5.41) is 4.52. The Morgan fingerprint density at radius 2 is 1.95 bits per heavy atom. The van der Waals surface area contributed by atoms with Crippen molar-refractivity contribution in [1.29, 1.82) is 0 Å². The summed E-state index contributed by atoms with van der Waals surface area (Å²) in [6.07, 6.45) is 2.77. The first-order chi connectivity index (χ1) is 10.1. The van der Waals surface area contributed by atoms with Gasteiger partial charge in [0.25, 0.3) is 0 Å². The zero-order valence-electron chi connectivity index (χ0n) is 13.0. The molecule has 0 bridgehead atoms. The number of thiazole rings is 1. The second-order valence-corrected chi connectivity index (χ2v) is 6.32. The van der Waals surface area contributed by atoms with Crippen LogP contribution in [0.4, 0.5) is 0 Å². The summed E-state index contributed by atoms with van der Waals surface area (Å²) >= 11 is 1.75. The van der Waals surface area contributed by atoms with Crippen molar-refractivity contribution in [1.82, 2.24) is 10.3 Å². The molecule has 5 heteroatoms. The van der Waals surface area contributed by atoms with E-state index < -0.39 is 0 Å². The lowest BCUT2D eigenvalue weighted by Gasteiger charge is -2.08. The number of aromatic nitrogens is 1. The highest BCUT2D eigenvalue weighted by Crippen LogP contribution is 2.29. The van der Waals surface area contributed by atoms with Crippen molar-refractivity contribution in [2.75, 3.05) is 14.2 Å². The molecule has 0 fully saturated rings. The maximum absolute atomic E-state index is 5.33. The highest BCUT2D eigenvalue weighted by Gasteiger charge is 2.08. The number of nitrogens with one attached hydrogen (secondary N) is 1. The van der Waals surface area contributed by atoms with Crippen LogP contribution < -0.4 is 14.8 Å². The van der Waals surface area contributed by atoms with E-state index in [1.165, 1.54) is 10.4 Å². The summed E-state index contributed by atoms with van der Waals surface area (Å²) in [4.78, 5) is 5.76. The largest absolute Gasteiger partial charge is 0.493 e. The van der Waals surface area contributed by atoms with Gasteiger partial charge in [0.15, 0.2) is 11.5 Å². The topological polar surface area (TPSA) is 43.4 Å². The lowest BCUT2D eigenvalue weighted by molar-refractivity contribution is 0.354. The quantitative estimate of drug-likeness (QED) is 0.853. The molecule has 0 amide bonds. The SMILES string of the molecule is COc1ccc(Cc2ncc(CNC(C)C)s2)cc1OC. The summed E-state index contributed by atoms with van der Waals surface area (Å²) in [7, 11) is 3.30. The van der Waals surface area contributed by atoms with E-state index in [0.29, 0.717) is 6.04 Å². The fourth-order valence-electron chi connectivity index (χ4n) is 1.98. The lowest BCUT2D eigenvalue weighted by Crippen LogP contribution is -2.21. The second kappa shape index (κ2) is 7.43. The number of hydrogen-bond acceptors (Lipinski definition) is 5. The fraction of sp³-hybridized carbons (Fsp3) is 0.438. The highest BCUT2D eigenvalue weighted by atomic mass is 32.1. The van der Waals surface area contributed by atoms with Gasteiger partial charge in [-0.25, -0.2) is 4.98 Å². The van der Waals surface area contributed by atoms with Gasteiger partial charge in [0, 0.05) is 30.1 Å². The number of benzene rings is 1. The van der Waals surface area contributed by atoms with Gasteiger partial charge >= 0.3 is 0 Å². The highest BCUT2D eigenvalue weighted by molar-refractivity contribution is 7.11. The van der Waals surface area contributed by atoms with Gasteiger partial charge in [0.1, 0.15) is 0 Å². The summed E-state index contributed by atoms with van der Waals surface area (Å²) in [6.45, 7) is 5.17. The molecule has 1 N–H and O–H groups in total. The Bertz CT molecular complexity index is 581. The van der Waals surface area contributed by atoms with Crippen molar-refractivity contribution >= 4 is 11.3 Å². The molecule has 114 valence electrons. The van der Waals surface area contributed by atoms with Crippen molar-refractivity contribution in [3.8, 4) is 11.5 Å². The molecule has 2 aromatic rings. The molecule has 4 nitrogen and oxygen atoms in total. The van der Waals surface area contributed by atoms with Gasteiger partial charge in [-0.1, -0.05) is 19.9 Å². The lowest BCUT2D eigenvalue weighted by atomic mass is 10.1. The molecule has 0 radical (unpaired) electrons. The second-order valence-electron chi connectivity index (χ2n) is 5.12. The zero-order chi connectivity index (χ0) is 15.2. The van der Waals surface area contributed by atoms with E-state index in [9.17, 15) is 0 Å². The zero-order valence-corrected chi connectivity index (χ0v) is 13.8. The van der Waals surface area contributed by atoms with E-state index in [4.69, 9.17) is 9.47 Å². The molecular formula is C16H22N2O2S. The van der Waals surface area contributed by atoms with Crippen molar-refractivity contribution in [3.63, 3.8) is 0 Å². The summed E-state index contributed by atoms with van der Waals surface area (Å²) in [5.74, 6) is 1.51. The molecule has 0 aliphatic carbocycles. The molecule has 0 atom stereocenters. The molecule has 0 unspecified atom stereocenters. The average Bonchev–Trinajstić information content (AvgIpc) is 2.92. The molecular weight excluding hydrogens is 284 g/mol. The standard InChI is InChI=1S/C16H22N2O2S/c1-11(2)17-9-13-10-18-16(21-13)8-12-5-6-14(19-3)15(7-12)20-4/h5-7,10-11,17H,8-9H2,1-4H3. The van der Waals surface area contributed by atoms with Crippen LogP contribution in [-0.4, -0.2) is 25.2 Å². The molecule has 1 aromatic carbocycles. The van der Waals surface area contributed by atoms with Crippen molar-refractivity contribution in [3.05, 3.63) is 39.8 Å². The van der Waals surface area contributed by atoms with Crippen LogP contribution in [0, 0.1) is 0 Å². The van der Waals surface area contributed by atoms with Crippen molar-refractivity contribution in [2.24, 2.45) is 0 Å². The number of nitrogens with zero attached hydrogens (tertiary/aromatic N) is 1. The Morgan fingerprint density at radius 3 is 2.62 bits per heavy atom. The first-order valence-electron chi connectivity index (χ1n) is 7.00. The van der Waals surface area contributed by atoms with Crippen LogP contribution >= 0.6 is 11.3 Å². The molecule has 1 heterocycles. The third-order valence-corrected chi connectivity index (χ3v) is 4.09. The first kappa shape index (κ1) is 15.8. The Labute approximate surface area is 130 Å². The predicted molar refractivity (Wildman–Crippen MR) is 86.4 cm³/mol. The van der Waals surface area contributed by atoms with Gasteiger partial charge in [0.2, 0.25) is 0 Å². The average molecular weight is 306 g/mol. The Hall–Kier alpha value is -1.59. The summed E-state index contributed by atoms with van der Waals surface area (Å²) in [6, 6.07) is 6.48. The van der Waals surface area contributed by atoms with Gasteiger partial charge in [-0.2, -0.15) is 0 Å². The van der Waals surface area contributed by atoms with Crippen LogP contribution in [0.3, 0.4) is 0 Å². The molecule has 2 rings (SSSR count). The van der Waals surface area contributed by atoms with Crippen LogP contribution in [0.15, 0.2) is 24.4 Å².